The lowest BCUT2D eigenvalue weighted by Gasteiger charge is -2.36. The molecule has 0 aromatic carbocycles. The first-order valence-electron chi connectivity index (χ1n) is 5.64. The summed E-state index contributed by atoms with van der Waals surface area (Å²) < 4.78 is 5.51. The van der Waals surface area contributed by atoms with E-state index in [0.717, 1.165) is 18.9 Å². The van der Waals surface area contributed by atoms with Crippen LogP contribution in [-0.2, 0) is 4.74 Å². The number of hydrogen-bond acceptors (Lipinski definition) is 2. The largest absolute Gasteiger partial charge is 0.378 e. The molecule has 2 N–H and O–H groups in total. The molecule has 1 fully saturated rings. The van der Waals surface area contributed by atoms with Crippen molar-refractivity contribution in [2.45, 2.75) is 52.2 Å². The molecule has 0 saturated heterocycles. The first-order chi connectivity index (χ1) is 6.61. The molecule has 1 aliphatic carbocycles. The molecule has 2 heteroatoms. The summed E-state index contributed by atoms with van der Waals surface area (Å²) in [5.74, 6) is 0.789. The summed E-state index contributed by atoms with van der Waals surface area (Å²) in [6, 6.07) is 0.243. The van der Waals surface area contributed by atoms with E-state index in [0.29, 0.717) is 6.10 Å². The van der Waals surface area contributed by atoms with Crippen molar-refractivity contribution < 1.29 is 4.74 Å². The van der Waals surface area contributed by atoms with Crippen LogP contribution in [0, 0.1) is 5.92 Å². The van der Waals surface area contributed by atoms with Crippen LogP contribution in [0.5, 0.6) is 0 Å². The van der Waals surface area contributed by atoms with E-state index >= 15 is 0 Å². The zero-order valence-corrected chi connectivity index (χ0v) is 9.62. The van der Waals surface area contributed by atoms with Gasteiger partial charge in [-0.15, -0.1) is 0 Å². The van der Waals surface area contributed by atoms with Crippen molar-refractivity contribution in [1.82, 2.24) is 0 Å². The summed E-state index contributed by atoms with van der Waals surface area (Å²) in [5, 5.41) is 0. The van der Waals surface area contributed by atoms with Crippen molar-refractivity contribution in [3.05, 3.63) is 11.6 Å². The molecule has 0 heterocycles. The molecule has 82 valence electrons. The molecule has 1 unspecified atom stereocenters. The minimum absolute atomic E-state index is 0.243. The molecule has 0 aliphatic heterocycles. The molecule has 0 amide bonds. The van der Waals surface area contributed by atoms with E-state index in [1.54, 1.807) is 0 Å². The smallest absolute Gasteiger partial charge is 0.0580 e. The Labute approximate surface area is 87.5 Å². The van der Waals surface area contributed by atoms with E-state index < -0.39 is 0 Å². The highest BCUT2D eigenvalue weighted by molar-refractivity contribution is 5.01. The SMILES string of the molecule is CCOC1CC(CC(N)C=C(C)C)C1. The van der Waals surface area contributed by atoms with E-state index in [1.165, 1.54) is 18.4 Å². The highest BCUT2D eigenvalue weighted by Crippen LogP contribution is 2.33. The Kier molecular flexibility index (Phi) is 4.63. The first-order valence-corrected chi connectivity index (χ1v) is 5.64. The van der Waals surface area contributed by atoms with E-state index in [4.69, 9.17) is 10.5 Å². The zero-order valence-electron chi connectivity index (χ0n) is 9.62. The van der Waals surface area contributed by atoms with Crippen LogP contribution in [0.25, 0.3) is 0 Å². The molecule has 14 heavy (non-hydrogen) atoms. The Bertz CT molecular complexity index is 190. The summed E-state index contributed by atoms with van der Waals surface area (Å²) in [4.78, 5) is 0. The second-order valence-corrected chi connectivity index (χ2v) is 4.56. The Morgan fingerprint density at radius 3 is 2.64 bits per heavy atom. The second kappa shape index (κ2) is 5.52. The van der Waals surface area contributed by atoms with Gasteiger partial charge in [-0.2, -0.15) is 0 Å². The number of rotatable bonds is 5. The summed E-state index contributed by atoms with van der Waals surface area (Å²) in [6.07, 6.45) is 6.21. The van der Waals surface area contributed by atoms with Gasteiger partial charge >= 0.3 is 0 Å². The van der Waals surface area contributed by atoms with Gasteiger partial charge in [0.05, 0.1) is 6.10 Å². The number of nitrogens with two attached hydrogens (primary N) is 1. The predicted octanol–water partition coefficient (Wildman–Crippen LogP) is 2.49. The normalized spacial score (nSPS) is 28.0. The molecule has 2 nitrogen and oxygen atoms in total. The molecule has 1 aliphatic rings. The quantitative estimate of drug-likeness (QED) is 0.687. The van der Waals surface area contributed by atoms with Gasteiger partial charge in [-0.25, -0.2) is 0 Å². The number of allylic oxidation sites excluding steroid dienone is 1. The van der Waals surface area contributed by atoms with Gasteiger partial charge in [-0.3, -0.25) is 0 Å². The van der Waals surface area contributed by atoms with Crippen LogP contribution in [0.3, 0.4) is 0 Å². The highest BCUT2D eigenvalue weighted by Gasteiger charge is 2.29. The number of hydrogen-bond donors (Lipinski definition) is 1. The van der Waals surface area contributed by atoms with Crippen molar-refractivity contribution in [2.24, 2.45) is 11.7 Å². The van der Waals surface area contributed by atoms with Crippen LogP contribution in [0.4, 0.5) is 0 Å². The molecular weight excluding hydrogens is 174 g/mol. The van der Waals surface area contributed by atoms with Crippen molar-refractivity contribution >= 4 is 0 Å². The standard InChI is InChI=1S/C12H23NO/c1-4-14-12-7-10(8-12)6-11(13)5-9(2)3/h5,10-12H,4,6-8,13H2,1-3H3. The summed E-state index contributed by atoms with van der Waals surface area (Å²) >= 11 is 0. The van der Waals surface area contributed by atoms with Crippen LogP contribution in [0.1, 0.15) is 40.0 Å². The molecule has 1 saturated carbocycles. The van der Waals surface area contributed by atoms with Gasteiger partial charge in [0.1, 0.15) is 0 Å². The highest BCUT2D eigenvalue weighted by atomic mass is 16.5. The summed E-state index contributed by atoms with van der Waals surface area (Å²) in [7, 11) is 0. The van der Waals surface area contributed by atoms with Gasteiger partial charge in [0.2, 0.25) is 0 Å². The maximum absolute atomic E-state index is 5.99. The molecular formula is C12H23NO. The lowest BCUT2D eigenvalue weighted by molar-refractivity contribution is -0.0271. The fourth-order valence-electron chi connectivity index (χ4n) is 2.12. The van der Waals surface area contributed by atoms with Crippen LogP contribution < -0.4 is 5.73 Å². The third-order valence-corrected chi connectivity index (χ3v) is 2.75. The van der Waals surface area contributed by atoms with Crippen LogP contribution in [0.15, 0.2) is 11.6 Å². The summed E-state index contributed by atoms with van der Waals surface area (Å²) in [6.45, 7) is 7.10. The van der Waals surface area contributed by atoms with Gasteiger partial charge in [0, 0.05) is 12.6 Å². The average molecular weight is 197 g/mol. The Hall–Kier alpha value is -0.340. The van der Waals surface area contributed by atoms with Gasteiger partial charge in [-0.1, -0.05) is 11.6 Å². The predicted molar refractivity (Wildman–Crippen MR) is 60.2 cm³/mol. The zero-order chi connectivity index (χ0) is 10.6. The van der Waals surface area contributed by atoms with Crippen molar-refractivity contribution in [1.29, 1.82) is 0 Å². The van der Waals surface area contributed by atoms with E-state index in [-0.39, 0.29) is 6.04 Å². The third kappa shape index (κ3) is 3.81. The molecule has 0 spiro atoms. The fraction of sp³-hybridized carbons (Fsp3) is 0.833. The van der Waals surface area contributed by atoms with Crippen LogP contribution in [0.2, 0.25) is 0 Å². The van der Waals surface area contributed by atoms with E-state index in [9.17, 15) is 0 Å². The van der Waals surface area contributed by atoms with Gasteiger partial charge < -0.3 is 10.5 Å². The average Bonchev–Trinajstić information content (AvgIpc) is 1.99. The Morgan fingerprint density at radius 1 is 1.50 bits per heavy atom. The van der Waals surface area contributed by atoms with Gasteiger partial charge in [0.15, 0.2) is 0 Å². The van der Waals surface area contributed by atoms with Crippen LogP contribution >= 0.6 is 0 Å². The number of ether oxygens (including phenoxy) is 1. The topological polar surface area (TPSA) is 35.2 Å². The molecule has 0 aromatic heterocycles. The molecule has 0 radical (unpaired) electrons. The minimum atomic E-state index is 0.243. The Morgan fingerprint density at radius 2 is 2.14 bits per heavy atom. The van der Waals surface area contributed by atoms with Crippen molar-refractivity contribution in [3.8, 4) is 0 Å². The van der Waals surface area contributed by atoms with Crippen LogP contribution in [-0.4, -0.2) is 18.8 Å². The first kappa shape index (κ1) is 11.7. The Balaban J connectivity index is 2.13. The second-order valence-electron chi connectivity index (χ2n) is 4.56. The third-order valence-electron chi connectivity index (χ3n) is 2.75. The van der Waals surface area contributed by atoms with Gasteiger partial charge in [0.25, 0.3) is 0 Å². The maximum atomic E-state index is 5.99. The fourth-order valence-corrected chi connectivity index (χ4v) is 2.12. The van der Waals surface area contributed by atoms with E-state index in [1.807, 2.05) is 0 Å². The summed E-state index contributed by atoms with van der Waals surface area (Å²) in [5.41, 5.74) is 7.30. The lowest BCUT2D eigenvalue weighted by atomic mass is 9.78. The van der Waals surface area contributed by atoms with Gasteiger partial charge in [-0.05, 0) is 46.0 Å². The van der Waals surface area contributed by atoms with E-state index in [2.05, 4.69) is 26.8 Å². The van der Waals surface area contributed by atoms with Crippen molar-refractivity contribution in [3.63, 3.8) is 0 Å². The monoisotopic (exact) mass is 197 g/mol. The molecule has 1 rings (SSSR count). The van der Waals surface area contributed by atoms with Crippen molar-refractivity contribution in [2.75, 3.05) is 6.61 Å². The molecule has 0 aromatic rings. The molecule has 0 bridgehead atoms. The minimum Gasteiger partial charge on any atom is -0.378 e. The molecule has 1 atom stereocenters. The lowest BCUT2D eigenvalue weighted by Crippen LogP contribution is -2.35. The maximum Gasteiger partial charge on any atom is 0.0580 e.